The predicted molar refractivity (Wildman–Crippen MR) is 90.2 cm³/mol. The number of nitro benzene ring substituents is 1. The molecule has 0 radical (unpaired) electrons. The van der Waals surface area contributed by atoms with Gasteiger partial charge in [-0.05, 0) is 43.6 Å². The molecule has 3 atom stereocenters. The summed E-state index contributed by atoms with van der Waals surface area (Å²) in [5.74, 6) is 1.27. The van der Waals surface area contributed by atoms with Crippen molar-refractivity contribution in [3.63, 3.8) is 0 Å². The largest absolute Gasteiger partial charge is 0.490 e. The quantitative estimate of drug-likeness (QED) is 0.673. The summed E-state index contributed by atoms with van der Waals surface area (Å²) in [6, 6.07) is 4.29. The first-order valence-electron chi connectivity index (χ1n) is 8.57. The lowest BCUT2D eigenvalue weighted by Crippen LogP contribution is -2.54. The first-order chi connectivity index (χ1) is 11.4. The first-order valence-corrected chi connectivity index (χ1v) is 8.57. The van der Waals surface area contributed by atoms with Gasteiger partial charge < -0.3 is 10.1 Å². The minimum absolute atomic E-state index is 0.115. The number of benzene rings is 1. The molecule has 0 heterocycles. The van der Waals surface area contributed by atoms with Crippen molar-refractivity contribution in [2.24, 2.45) is 11.8 Å². The van der Waals surface area contributed by atoms with Crippen LogP contribution in [0.3, 0.4) is 0 Å². The highest BCUT2D eigenvalue weighted by Crippen LogP contribution is 2.45. The minimum atomic E-state index is -0.506. The molecule has 1 amide bonds. The van der Waals surface area contributed by atoms with Gasteiger partial charge in [0, 0.05) is 23.2 Å². The molecule has 0 aromatic heterocycles. The number of carbonyl (C=O) groups excluding carboxylic acids is 1. The van der Waals surface area contributed by atoms with Crippen LogP contribution in [-0.4, -0.2) is 23.5 Å². The number of fused-ring (bicyclic) bond motifs is 2. The van der Waals surface area contributed by atoms with Crippen LogP contribution in [0, 0.1) is 22.0 Å². The molecule has 1 N–H and O–H groups in total. The maximum Gasteiger partial charge on any atom is 0.310 e. The highest BCUT2D eigenvalue weighted by atomic mass is 16.6. The molecule has 2 aliphatic carbocycles. The number of carbonyl (C=O) groups is 1. The zero-order chi connectivity index (χ0) is 17.3. The van der Waals surface area contributed by atoms with Gasteiger partial charge in [-0.1, -0.05) is 19.8 Å². The van der Waals surface area contributed by atoms with Gasteiger partial charge in [-0.3, -0.25) is 14.9 Å². The van der Waals surface area contributed by atoms with Crippen LogP contribution in [0.1, 0.15) is 55.8 Å². The van der Waals surface area contributed by atoms with Crippen LogP contribution in [0.2, 0.25) is 0 Å². The summed E-state index contributed by atoms with van der Waals surface area (Å²) in [5, 5.41) is 14.2. The Morgan fingerprint density at radius 1 is 1.42 bits per heavy atom. The number of nitro groups is 1. The molecule has 2 bridgehead atoms. The van der Waals surface area contributed by atoms with E-state index in [-0.39, 0.29) is 22.9 Å². The summed E-state index contributed by atoms with van der Waals surface area (Å²) in [5.41, 5.74) is 0.163. The van der Waals surface area contributed by atoms with Crippen LogP contribution in [0.15, 0.2) is 18.2 Å². The fourth-order valence-electron chi connectivity index (χ4n) is 4.64. The average Bonchev–Trinajstić information content (AvgIpc) is 2.53. The van der Waals surface area contributed by atoms with E-state index in [4.69, 9.17) is 4.74 Å². The molecular formula is C18H24N2O4. The highest BCUT2D eigenvalue weighted by Gasteiger charge is 2.42. The molecule has 2 aliphatic rings. The van der Waals surface area contributed by atoms with Gasteiger partial charge in [0.1, 0.15) is 0 Å². The molecule has 6 nitrogen and oxygen atoms in total. The predicted octanol–water partition coefficient (Wildman–Crippen LogP) is 3.69. The number of amides is 1. The second kappa shape index (κ2) is 6.42. The Kier molecular flexibility index (Phi) is 4.47. The van der Waals surface area contributed by atoms with Crippen molar-refractivity contribution in [2.45, 2.75) is 51.0 Å². The summed E-state index contributed by atoms with van der Waals surface area (Å²) >= 11 is 0. The van der Waals surface area contributed by atoms with Crippen LogP contribution in [0.25, 0.3) is 0 Å². The summed E-state index contributed by atoms with van der Waals surface area (Å²) in [7, 11) is 1.37. The third kappa shape index (κ3) is 3.23. The van der Waals surface area contributed by atoms with E-state index in [0.717, 1.165) is 25.7 Å². The Bertz CT molecular complexity index is 656. The van der Waals surface area contributed by atoms with Gasteiger partial charge in [-0.15, -0.1) is 0 Å². The molecule has 1 aromatic carbocycles. The Morgan fingerprint density at radius 2 is 2.21 bits per heavy atom. The maximum atomic E-state index is 12.7. The Morgan fingerprint density at radius 3 is 2.92 bits per heavy atom. The molecule has 2 saturated carbocycles. The van der Waals surface area contributed by atoms with Crippen LogP contribution < -0.4 is 10.1 Å². The lowest BCUT2D eigenvalue weighted by atomic mass is 9.64. The molecule has 6 heteroatoms. The van der Waals surface area contributed by atoms with Gasteiger partial charge in [0.05, 0.1) is 12.0 Å². The summed E-state index contributed by atoms with van der Waals surface area (Å²) in [4.78, 5) is 23.2. The van der Waals surface area contributed by atoms with Gasteiger partial charge in [0.2, 0.25) is 0 Å². The molecule has 0 spiro atoms. The fraction of sp³-hybridized carbons (Fsp3) is 0.611. The normalized spacial score (nSPS) is 28.9. The molecule has 130 valence electrons. The number of methoxy groups -OCH3 is 1. The van der Waals surface area contributed by atoms with Crippen LogP contribution in [-0.2, 0) is 0 Å². The van der Waals surface area contributed by atoms with Crippen LogP contribution in [0.4, 0.5) is 5.69 Å². The van der Waals surface area contributed by atoms with Gasteiger partial charge in [-0.2, -0.15) is 0 Å². The Balaban J connectivity index is 1.80. The Hall–Kier alpha value is -2.11. The van der Waals surface area contributed by atoms with E-state index in [1.165, 1.54) is 38.2 Å². The molecule has 24 heavy (non-hydrogen) atoms. The van der Waals surface area contributed by atoms with E-state index in [0.29, 0.717) is 17.4 Å². The van der Waals surface area contributed by atoms with E-state index in [9.17, 15) is 14.9 Å². The van der Waals surface area contributed by atoms with Gasteiger partial charge in [0.25, 0.3) is 5.91 Å². The summed E-state index contributed by atoms with van der Waals surface area (Å²) in [6.07, 6.45) is 6.74. The van der Waals surface area contributed by atoms with Crippen molar-refractivity contribution in [1.82, 2.24) is 5.32 Å². The number of nitrogens with one attached hydrogen (secondary N) is 1. The van der Waals surface area contributed by atoms with E-state index < -0.39 is 4.92 Å². The van der Waals surface area contributed by atoms with Crippen molar-refractivity contribution >= 4 is 11.6 Å². The molecular weight excluding hydrogens is 308 g/mol. The molecule has 0 saturated heterocycles. The second-order valence-corrected chi connectivity index (χ2v) is 7.39. The van der Waals surface area contributed by atoms with E-state index >= 15 is 0 Å². The van der Waals surface area contributed by atoms with Crippen molar-refractivity contribution < 1.29 is 14.5 Å². The molecule has 1 aromatic rings. The van der Waals surface area contributed by atoms with Crippen molar-refractivity contribution in [3.05, 3.63) is 33.9 Å². The molecule has 0 aliphatic heterocycles. The van der Waals surface area contributed by atoms with Crippen LogP contribution in [0.5, 0.6) is 5.75 Å². The van der Waals surface area contributed by atoms with E-state index in [1.54, 1.807) is 0 Å². The lowest BCUT2D eigenvalue weighted by molar-refractivity contribution is -0.385. The number of nitrogens with zero attached hydrogens (tertiary/aromatic N) is 1. The number of rotatable bonds is 4. The Labute approximate surface area is 141 Å². The van der Waals surface area contributed by atoms with Crippen molar-refractivity contribution in [3.8, 4) is 5.75 Å². The summed E-state index contributed by atoms with van der Waals surface area (Å²) < 4.78 is 5.06. The highest BCUT2D eigenvalue weighted by molar-refractivity contribution is 5.95. The zero-order valence-corrected chi connectivity index (χ0v) is 14.2. The lowest BCUT2D eigenvalue weighted by Gasteiger charge is -2.48. The molecule has 2 fully saturated rings. The number of hydrogen-bond donors (Lipinski definition) is 1. The minimum Gasteiger partial charge on any atom is -0.490 e. The average molecular weight is 332 g/mol. The fourth-order valence-corrected chi connectivity index (χ4v) is 4.64. The van der Waals surface area contributed by atoms with Crippen molar-refractivity contribution in [2.75, 3.05) is 7.11 Å². The SMILES string of the molecule is COc1cc(C(=O)NC23CCCC(CC(C)C2)C3)ccc1[N+](=O)[O-]. The summed E-state index contributed by atoms with van der Waals surface area (Å²) in [6.45, 7) is 2.26. The van der Waals surface area contributed by atoms with E-state index in [2.05, 4.69) is 12.2 Å². The first kappa shape index (κ1) is 16.7. The van der Waals surface area contributed by atoms with Gasteiger partial charge in [0.15, 0.2) is 5.75 Å². The van der Waals surface area contributed by atoms with Gasteiger partial charge >= 0.3 is 5.69 Å². The maximum absolute atomic E-state index is 12.7. The smallest absolute Gasteiger partial charge is 0.310 e. The van der Waals surface area contributed by atoms with Crippen LogP contribution >= 0.6 is 0 Å². The second-order valence-electron chi connectivity index (χ2n) is 7.39. The zero-order valence-electron chi connectivity index (χ0n) is 14.2. The molecule has 3 unspecified atom stereocenters. The van der Waals surface area contributed by atoms with E-state index in [1.807, 2.05) is 0 Å². The number of hydrogen-bond acceptors (Lipinski definition) is 4. The molecule has 3 rings (SSSR count). The third-order valence-electron chi connectivity index (χ3n) is 5.44. The standard InChI is InChI=1S/C18H24N2O4/c1-12-8-13-4-3-7-18(10-12,11-13)19-17(21)14-5-6-15(20(22)23)16(9-14)24-2/h5-6,9,12-13H,3-4,7-8,10-11H2,1-2H3,(H,19,21). The van der Waals surface area contributed by atoms with Crippen molar-refractivity contribution in [1.29, 1.82) is 0 Å². The van der Waals surface area contributed by atoms with Gasteiger partial charge in [-0.25, -0.2) is 0 Å². The monoisotopic (exact) mass is 332 g/mol. The topological polar surface area (TPSA) is 81.5 Å². The third-order valence-corrected chi connectivity index (χ3v) is 5.44. The number of ether oxygens (including phenoxy) is 1.